The summed E-state index contributed by atoms with van der Waals surface area (Å²) in [6.45, 7) is 9.26. The van der Waals surface area contributed by atoms with E-state index < -0.39 is 0 Å². The van der Waals surface area contributed by atoms with Crippen LogP contribution in [0.2, 0.25) is 0 Å². The molecular weight excluding hydrogens is 176 g/mol. The molecule has 0 radical (unpaired) electrons. The van der Waals surface area contributed by atoms with E-state index in [4.69, 9.17) is 0 Å². The molecule has 1 aliphatic rings. The third kappa shape index (κ3) is 1.54. The fourth-order valence-corrected chi connectivity index (χ4v) is 3.28. The van der Waals surface area contributed by atoms with Crippen LogP contribution in [0.25, 0.3) is 0 Å². The van der Waals surface area contributed by atoms with E-state index in [1.165, 1.54) is 12.8 Å². The van der Waals surface area contributed by atoms with Gasteiger partial charge in [0.15, 0.2) is 0 Å². The molecule has 0 saturated carbocycles. The van der Waals surface area contributed by atoms with Crippen molar-refractivity contribution in [2.24, 2.45) is 0 Å². The van der Waals surface area contributed by atoms with Crippen LogP contribution in [0, 0.1) is 0 Å². The molecule has 13 heavy (non-hydrogen) atoms. The summed E-state index contributed by atoms with van der Waals surface area (Å²) in [4.78, 5) is 3.21. The normalized spacial score (nSPS) is 22.0. The topological polar surface area (TPSA) is 0 Å². The molecule has 0 amide bonds. The van der Waals surface area contributed by atoms with Crippen molar-refractivity contribution < 1.29 is 0 Å². The van der Waals surface area contributed by atoms with Crippen LogP contribution < -0.4 is 0 Å². The Hall–Kier alpha value is -0.300. The van der Waals surface area contributed by atoms with Gasteiger partial charge in [-0.15, -0.1) is 11.3 Å². The van der Waals surface area contributed by atoms with Crippen LogP contribution in [-0.4, -0.2) is 0 Å². The lowest BCUT2D eigenvalue weighted by Crippen LogP contribution is -2.08. The van der Waals surface area contributed by atoms with Crippen molar-refractivity contribution in [2.75, 3.05) is 0 Å². The van der Waals surface area contributed by atoms with E-state index in [1.807, 2.05) is 11.3 Å². The molecule has 0 fully saturated rings. The second kappa shape index (κ2) is 2.84. The molecule has 1 unspecified atom stereocenters. The Morgan fingerprint density at radius 1 is 1.38 bits per heavy atom. The van der Waals surface area contributed by atoms with E-state index in [2.05, 4.69) is 33.8 Å². The number of rotatable bonds is 0. The highest BCUT2D eigenvalue weighted by Crippen LogP contribution is 2.41. The van der Waals surface area contributed by atoms with Gasteiger partial charge >= 0.3 is 0 Å². The summed E-state index contributed by atoms with van der Waals surface area (Å²) < 4.78 is 0. The van der Waals surface area contributed by atoms with Gasteiger partial charge in [-0.1, -0.05) is 27.7 Å². The predicted octanol–water partition coefficient (Wildman–Crippen LogP) is 4.10. The molecule has 1 aliphatic carbocycles. The predicted molar refractivity (Wildman–Crippen MR) is 59.8 cm³/mol. The highest BCUT2D eigenvalue weighted by molar-refractivity contribution is 7.12. The molecule has 0 aromatic carbocycles. The zero-order chi connectivity index (χ0) is 9.64. The molecule has 72 valence electrons. The monoisotopic (exact) mass is 194 g/mol. The van der Waals surface area contributed by atoms with Gasteiger partial charge in [-0.2, -0.15) is 0 Å². The van der Waals surface area contributed by atoms with Gasteiger partial charge in [0.25, 0.3) is 0 Å². The molecule has 2 rings (SSSR count). The van der Waals surface area contributed by atoms with Crippen molar-refractivity contribution in [3.05, 3.63) is 21.4 Å². The lowest BCUT2D eigenvalue weighted by Gasteiger charge is -2.15. The van der Waals surface area contributed by atoms with Crippen molar-refractivity contribution in [1.29, 1.82) is 0 Å². The molecule has 0 bridgehead atoms. The smallest absolute Gasteiger partial charge is 0.0105 e. The van der Waals surface area contributed by atoms with Gasteiger partial charge in [0.1, 0.15) is 0 Å². The van der Waals surface area contributed by atoms with Gasteiger partial charge in [0.05, 0.1) is 0 Å². The minimum Gasteiger partial charge on any atom is -0.145 e. The van der Waals surface area contributed by atoms with Crippen molar-refractivity contribution in [3.8, 4) is 0 Å². The Morgan fingerprint density at radius 3 is 2.62 bits per heavy atom. The number of hydrogen-bond acceptors (Lipinski definition) is 1. The van der Waals surface area contributed by atoms with E-state index in [-0.39, 0.29) is 0 Å². The zero-order valence-electron chi connectivity index (χ0n) is 8.98. The van der Waals surface area contributed by atoms with Crippen LogP contribution in [0.1, 0.15) is 55.4 Å². The molecule has 1 atom stereocenters. The first-order valence-corrected chi connectivity index (χ1v) is 5.93. The summed E-state index contributed by atoms with van der Waals surface area (Å²) in [5.74, 6) is 0.808. The summed E-state index contributed by atoms with van der Waals surface area (Å²) in [6, 6.07) is 2.44. The summed E-state index contributed by atoms with van der Waals surface area (Å²) in [5.41, 5.74) is 1.98. The van der Waals surface area contributed by atoms with Gasteiger partial charge in [0.2, 0.25) is 0 Å². The average molecular weight is 194 g/mol. The summed E-state index contributed by atoms with van der Waals surface area (Å²) in [6.07, 6.45) is 2.68. The van der Waals surface area contributed by atoms with Crippen LogP contribution in [0.5, 0.6) is 0 Å². The largest absolute Gasteiger partial charge is 0.145 e. The molecule has 0 saturated heterocycles. The van der Waals surface area contributed by atoms with E-state index in [9.17, 15) is 0 Å². The lowest BCUT2D eigenvalue weighted by atomic mass is 9.93. The number of fused-ring (bicyclic) bond motifs is 1. The first-order chi connectivity index (χ1) is 5.98. The maximum atomic E-state index is 2.44. The highest BCUT2D eigenvalue weighted by atomic mass is 32.1. The maximum Gasteiger partial charge on any atom is 0.0105 e. The van der Waals surface area contributed by atoms with E-state index in [1.54, 1.807) is 15.3 Å². The van der Waals surface area contributed by atoms with Crippen LogP contribution in [-0.2, 0) is 11.8 Å². The lowest BCUT2D eigenvalue weighted by molar-refractivity contribution is 0.602. The number of thiophene rings is 1. The molecule has 0 aliphatic heterocycles. The minimum absolute atomic E-state index is 0.342. The Kier molecular flexibility index (Phi) is 2.03. The first kappa shape index (κ1) is 9.26. The van der Waals surface area contributed by atoms with Crippen LogP contribution in [0.3, 0.4) is 0 Å². The number of hydrogen-bond donors (Lipinski definition) is 0. The Morgan fingerprint density at radius 2 is 2.08 bits per heavy atom. The molecule has 0 spiro atoms. The Balaban J connectivity index is 2.40. The Labute approximate surface area is 85.0 Å². The summed E-state index contributed by atoms with van der Waals surface area (Å²) in [5, 5.41) is 0. The van der Waals surface area contributed by atoms with Crippen molar-refractivity contribution in [1.82, 2.24) is 0 Å². The van der Waals surface area contributed by atoms with Gasteiger partial charge in [-0.05, 0) is 35.8 Å². The molecule has 0 N–H and O–H groups in total. The SMILES string of the molecule is CC1CCc2sc(C(C)(C)C)cc21. The van der Waals surface area contributed by atoms with Gasteiger partial charge in [-0.3, -0.25) is 0 Å². The van der Waals surface area contributed by atoms with E-state index in [0.717, 1.165) is 5.92 Å². The van der Waals surface area contributed by atoms with Gasteiger partial charge in [-0.25, -0.2) is 0 Å². The van der Waals surface area contributed by atoms with Crippen LogP contribution in [0.4, 0.5) is 0 Å². The third-order valence-electron chi connectivity index (χ3n) is 2.92. The summed E-state index contributed by atoms with van der Waals surface area (Å²) >= 11 is 2.03. The number of aryl methyl sites for hydroxylation is 1. The van der Waals surface area contributed by atoms with Crippen LogP contribution >= 0.6 is 11.3 Å². The van der Waals surface area contributed by atoms with Crippen molar-refractivity contribution in [2.45, 2.75) is 51.9 Å². The first-order valence-electron chi connectivity index (χ1n) is 5.11. The molecular formula is C12H18S. The third-order valence-corrected chi connectivity index (χ3v) is 4.55. The molecule has 0 nitrogen and oxygen atoms in total. The molecule has 1 aromatic heterocycles. The Bertz CT molecular complexity index is 314. The fraction of sp³-hybridized carbons (Fsp3) is 0.667. The average Bonchev–Trinajstić information content (AvgIpc) is 2.51. The molecule has 1 aromatic rings. The quantitative estimate of drug-likeness (QED) is 0.583. The summed E-state index contributed by atoms with van der Waals surface area (Å²) in [7, 11) is 0. The van der Waals surface area contributed by atoms with E-state index >= 15 is 0 Å². The maximum absolute atomic E-state index is 2.44. The molecule has 1 heteroatoms. The highest BCUT2D eigenvalue weighted by Gasteiger charge is 2.25. The van der Waals surface area contributed by atoms with Crippen molar-refractivity contribution in [3.63, 3.8) is 0 Å². The standard InChI is InChI=1S/C12H18S/c1-8-5-6-10-9(8)7-11(13-10)12(2,3)4/h7-8H,5-6H2,1-4H3. The van der Waals surface area contributed by atoms with Crippen LogP contribution in [0.15, 0.2) is 6.07 Å². The zero-order valence-corrected chi connectivity index (χ0v) is 9.79. The second-order valence-electron chi connectivity index (χ2n) is 5.18. The van der Waals surface area contributed by atoms with Gasteiger partial charge in [0, 0.05) is 9.75 Å². The minimum atomic E-state index is 0.342. The second-order valence-corrected chi connectivity index (χ2v) is 6.32. The van der Waals surface area contributed by atoms with E-state index in [0.29, 0.717) is 5.41 Å². The van der Waals surface area contributed by atoms with Crippen molar-refractivity contribution >= 4 is 11.3 Å². The van der Waals surface area contributed by atoms with Gasteiger partial charge < -0.3 is 0 Å². The fourth-order valence-electron chi connectivity index (χ4n) is 1.93. The molecule has 1 heterocycles.